The van der Waals surface area contributed by atoms with E-state index in [1.807, 2.05) is 18.2 Å². The van der Waals surface area contributed by atoms with Crippen molar-refractivity contribution in [3.8, 4) is 5.75 Å². The van der Waals surface area contributed by atoms with Gasteiger partial charge in [-0.2, -0.15) is 0 Å². The van der Waals surface area contributed by atoms with Crippen LogP contribution >= 0.6 is 0 Å². The molecule has 1 heterocycles. The molecule has 6 nitrogen and oxygen atoms in total. The van der Waals surface area contributed by atoms with E-state index >= 15 is 0 Å². The Hall–Kier alpha value is -2.09. The first-order valence-electron chi connectivity index (χ1n) is 9.52. The molecule has 3 rings (SSSR count). The first-order chi connectivity index (χ1) is 13.4. The Labute approximate surface area is 168 Å². The van der Waals surface area contributed by atoms with Crippen molar-refractivity contribution < 1.29 is 13.2 Å². The van der Waals surface area contributed by atoms with Crippen LogP contribution in [0.5, 0.6) is 5.75 Å². The zero-order valence-corrected chi connectivity index (χ0v) is 17.5. The Morgan fingerprint density at radius 1 is 1.21 bits per heavy atom. The van der Waals surface area contributed by atoms with Gasteiger partial charge in [-0.15, -0.1) is 0 Å². The zero-order valence-electron chi connectivity index (χ0n) is 16.7. The fraction of sp³-hybridized carbons (Fsp3) is 0.429. The van der Waals surface area contributed by atoms with Gasteiger partial charge in [-0.1, -0.05) is 30.3 Å². The topological polar surface area (TPSA) is 70.7 Å². The summed E-state index contributed by atoms with van der Waals surface area (Å²) < 4.78 is 30.5. The molecule has 0 spiro atoms. The van der Waals surface area contributed by atoms with Gasteiger partial charge in [0.25, 0.3) is 0 Å². The minimum Gasteiger partial charge on any atom is -0.496 e. The molecule has 1 fully saturated rings. The number of ether oxygens (including phenoxy) is 1. The van der Waals surface area contributed by atoms with Gasteiger partial charge in [0.2, 0.25) is 10.0 Å². The maximum Gasteiger partial charge on any atom is 0.231 e. The van der Waals surface area contributed by atoms with E-state index in [4.69, 9.17) is 4.74 Å². The second-order valence-electron chi connectivity index (χ2n) is 7.20. The molecule has 0 radical (unpaired) electrons. The third-order valence-corrected chi connectivity index (χ3v) is 6.50. The van der Waals surface area contributed by atoms with Gasteiger partial charge in [0.1, 0.15) is 5.75 Å². The number of hydrogen-bond donors (Lipinski definition) is 2. The Balaban J connectivity index is 1.78. The molecule has 0 saturated carbocycles. The second-order valence-corrected chi connectivity index (χ2v) is 9.21. The number of piperidine rings is 1. The summed E-state index contributed by atoms with van der Waals surface area (Å²) in [7, 11) is -0.117. The fourth-order valence-electron chi connectivity index (χ4n) is 3.65. The summed E-state index contributed by atoms with van der Waals surface area (Å²) in [6.45, 7) is 1.61. The van der Waals surface area contributed by atoms with E-state index in [0.717, 1.165) is 30.7 Å². The predicted octanol–water partition coefficient (Wildman–Crippen LogP) is 2.67. The van der Waals surface area contributed by atoms with Crippen molar-refractivity contribution in [2.75, 3.05) is 31.3 Å². The highest BCUT2D eigenvalue weighted by Gasteiger charge is 2.26. The summed E-state index contributed by atoms with van der Waals surface area (Å²) in [4.78, 5) is 0. The highest BCUT2D eigenvalue weighted by atomic mass is 32.2. The second kappa shape index (κ2) is 8.94. The average Bonchev–Trinajstić information content (AvgIpc) is 2.71. The van der Waals surface area contributed by atoms with Crippen molar-refractivity contribution >= 4 is 15.7 Å². The van der Waals surface area contributed by atoms with Crippen molar-refractivity contribution in [2.24, 2.45) is 0 Å². The van der Waals surface area contributed by atoms with Crippen molar-refractivity contribution in [1.82, 2.24) is 10.6 Å². The van der Waals surface area contributed by atoms with Gasteiger partial charge in [-0.3, -0.25) is 4.31 Å². The Morgan fingerprint density at radius 3 is 2.64 bits per heavy atom. The Bertz CT molecular complexity index is 887. The third-order valence-electron chi connectivity index (χ3n) is 5.30. The van der Waals surface area contributed by atoms with E-state index in [-0.39, 0.29) is 12.1 Å². The molecule has 0 aromatic heterocycles. The number of methoxy groups -OCH3 is 1. The maximum absolute atomic E-state index is 11.9. The molecule has 2 aromatic carbocycles. The van der Waals surface area contributed by atoms with Crippen LogP contribution in [0, 0.1) is 0 Å². The zero-order chi connectivity index (χ0) is 20.1. The molecule has 152 valence electrons. The number of hydrogen-bond acceptors (Lipinski definition) is 5. The highest BCUT2D eigenvalue weighted by molar-refractivity contribution is 7.92. The average molecular weight is 404 g/mol. The summed E-state index contributed by atoms with van der Waals surface area (Å²) in [5.74, 6) is 0.748. The van der Waals surface area contributed by atoms with Crippen LogP contribution in [0.15, 0.2) is 48.5 Å². The number of benzene rings is 2. The molecule has 0 amide bonds. The van der Waals surface area contributed by atoms with Crippen molar-refractivity contribution in [3.63, 3.8) is 0 Å². The number of rotatable bonds is 7. The fourth-order valence-corrected chi connectivity index (χ4v) is 4.15. The van der Waals surface area contributed by atoms with Gasteiger partial charge in [-0.05, 0) is 43.1 Å². The monoisotopic (exact) mass is 403 g/mol. The molecule has 28 heavy (non-hydrogen) atoms. The number of nitrogens with zero attached hydrogens (tertiary/aromatic N) is 1. The van der Waals surface area contributed by atoms with Gasteiger partial charge >= 0.3 is 0 Å². The molecule has 0 unspecified atom stereocenters. The molecule has 1 saturated heterocycles. The van der Waals surface area contributed by atoms with Crippen molar-refractivity contribution in [3.05, 3.63) is 59.7 Å². The van der Waals surface area contributed by atoms with E-state index in [1.165, 1.54) is 16.1 Å². The molecule has 2 atom stereocenters. The molecule has 0 bridgehead atoms. The van der Waals surface area contributed by atoms with E-state index < -0.39 is 10.0 Å². The molecule has 2 aromatic rings. The van der Waals surface area contributed by atoms with Gasteiger partial charge in [0.15, 0.2) is 0 Å². The van der Waals surface area contributed by atoms with E-state index in [2.05, 4.69) is 34.9 Å². The predicted molar refractivity (Wildman–Crippen MR) is 113 cm³/mol. The minimum atomic E-state index is -3.31. The summed E-state index contributed by atoms with van der Waals surface area (Å²) in [5, 5.41) is 7.27. The summed E-state index contributed by atoms with van der Waals surface area (Å²) >= 11 is 0. The summed E-state index contributed by atoms with van der Waals surface area (Å²) in [6, 6.07) is 16.5. The van der Waals surface area contributed by atoms with Gasteiger partial charge < -0.3 is 15.4 Å². The summed E-state index contributed by atoms with van der Waals surface area (Å²) in [6.07, 6.45) is 3.40. The lowest BCUT2D eigenvalue weighted by atomic mass is 9.92. The molecule has 2 N–H and O–H groups in total. The van der Waals surface area contributed by atoms with Crippen LogP contribution in [0.3, 0.4) is 0 Å². The van der Waals surface area contributed by atoms with Gasteiger partial charge in [-0.25, -0.2) is 8.42 Å². The standard InChI is InChI=1S/C21H29N3O3S/c1-24(28(3,25)26)18-11-12-20(27-2)17(14-18)15-23-19-10-7-13-22-21(19)16-8-5-4-6-9-16/h4-6,8-9,11-12,14,19,21-23H,7,10,13,15H2,1-3H3/t19-,21-/m1/s1. The highest BCUT2D eigenvalue weighted by Crippen LogP contribution is 2.28. The molecule has 1 aliphatic heterocycles. The molecule has 0 aliphatic carbocycles. The van der Waals surface area contributed by atoms with Crippen LogP contribution in [-0.2, 0) is 16.6 Å². The number of sulfonamides is 1. The van der Waals surface area contributed by atoms with E-state index in [0.29, 0.717) is 12.2 Å². The maximum atomic E-state index is 11.9. The smallest absolute Gasteiger partial charge is 0.231 e. The van der Waals surface area contributed by atoms with Crippen LogP contribution in [0.2, 0.25) is 0 Å². The Morgan fingerprint density at radius 2 is 1.96 bits per heavy atom. The molecule has 7 heteroatoms. The van der Waals surface area contributed by atoms with Gasteiger partial charge in [0.05, 0.1) is 19.1 Å². The minimum absolute atomic E-state index is 0.253. The van der Waals surface area contributed by atoms with Crippen molar-refractivity contribution in [2.45, 2.75) is 31.5 Å². The number of anilines is 1. The van der Waals surface area contributed by atoms with Gasteiger partial charge in [0, 0.05) is 31.2 Å². The van der Waals surface area contributed by atoms with E-state index in [9.17, 15) is 8.42 Å². The normalized spacial score (nSPS) is 20.0. The lowest BCUT2D eigenvalue weighted by Gasteiger charge is -2.34. The Kier molecular flexibility index (Phi) is 6.59. The molecule has 1 aliphatic rings. The SMILES string of the molecule is COc1ccc(N(C)S(C)(=O)=O)cc1CN[C@@H]1CCCN[C@@H]1c1ccccc1. The molecular weight excluding hydrogens is 374 g/mol. The largest absolute Gasteiger partial charge is 0.496 e. The van der Waals surface area contributed by atoms with Crippen LogP contribution in [-0.4, -0.2) is 41.4 Å². The van der Waals surface area contributed by atoms with Crippen LogP contribution in [0.4, 0.5) is 5.69 Å². The third kappa shape index (κ3) is 4.84. The van der Waals surface area contributed by atoms with Crippen molar-refractivity contribution in [1.29, 1.82) is 0 Å². The lowest BCUT2D eigenvalue weighted by molar-refractivity contribution is 0.303. The number of nitrogens with one attached hydrogen (secondary N) is 2. The van der Waals surface area contributed by atoms with Crippen LogP contribution in [0.1, 0.15) is 30.0 Å². The summed E-state index contributed by atoms with van der Waals surface area (Å²) in [5.41, 5.74) is 2.84. The van der Waals surface area contributed by atoms with Crippen LogP contribution in [0.25, 0.3) is 0 Å². The quantitative estimate of drug-likeness (QED) is 0.744. The van der Waals surface area contributed by atoms with E-state index in [1.54, 1.807) is 20.2 Å². The first kappa shape index (κ1) is 20.6. The van der Waals surface area contributed by atoms with Crippen LogP contribution < -0.4 is 19.7 Å². The lowest BCUT2D eigenvalue weighted by Crippen LogP contribution is -2.45. The first-order valence-corrected chi connectivity index (χ1v) is 11.4. The molecular formula is C21H29N3O3S.